The maximum Gasteiger partial charge on any atom is 0.410 e. The maximum atomic E-state index is 12.8. The van der Waals surface area contributed by atoms with E-state index in [1.54, 1.807) is 11.0 Å². The zero-order valence-corrected chi connectivity index (χ0v) is 21.4. The summed E-state index contributed by atoms with van der Waals surface area (Å²) in [6.07, 6.45) is 2.56. The van der Waals surface area contributed by atoms with Crippen molar-refractivity contribution in [2.24, 2.45) is 0 Å². The normalized spacial score (nSPS) is 18.3. The standard InChI is InChI=1S/C28H36ClNO4/c1-6-8-15-28(32,24-19-30(16-17-33-24)26(31)34-27(3,4)5)22-13-10-14-23(29)25(22)21-12-9-11-20(7-2)18-21/h6,9-14,18,24,32H,1,7-8,15-17,19H2,2-5H3/t24-,28-/m1/s1. The summed E-state index contributed by atoms with van der Waals surface area (Å²) >= 11 is 6.73. The van der Waals surface area contributed by atoms with Crippen LogP contribution in [0.4, 0.5) is 4.79 Å². The molecule has 6 heteroatoms. The lowest BCUT2D eigenvalue weighted by molar-refractivity contribution is -0.149. The molecular formula is C28H36ClNO4. The van der Waals surface area contributed by atoms with E-state index in [0.29, 0.717) is 36.6 Å². The third-order valence-corrected chi connectivity index (χ3v) is 6.40. The highest BCUT2D eigenvalue weighted by atomic mass is 35.5. The summed E-state index contributed by atoms with van der Waals surface area (Å²) < 4.78 is 11.7. The molecule has 2 aromatic rings. The summed E-state index contributed by atoms with van der Waals surface area (Å²) in [7, 11) is 0. The predicted octanol–water partition coefficient (Wildman–Crippen LogP) is 6.36. The monoisotopic (exact) mass is 485 g/mol. The van der Waals surface area contributed by atoms with E-state index in [1.165, 1.54) is 5.56 Å². The number of aryl methyl sites for hydroxylation is 1. The van der Waals surface area contributed by atoms with Crippen LogP contribution in [0, 0.1) is 0 Å². The number of hydrogen-bond acceptors (Lipinski definition) is 4. The number of ether oxygens (including phenoxy) is 2. The zero-order valence-electron chi connectivity index (χ0n) is 20.6. The molecule has 0 aliphatic carbocycles. The van der Waals surface area contributed by atoms with E-state index in [9.17, 15) is 9.90 Å². The van der Waals surface area contributed by atoms with Crippen molar-refractivity contribution in [3.8, 4) is 11.1 Å². The van der Waals surface area contributed by atoms with Crippen LogP contribution >= 0.6 is 11.6 Å². The van der Waals surface area contributed by atoms with Crippen LogP contribution in [0.25, 0.3) is 11.1 Å². The molecule has 34 heavy (non-hydrogen) atoms. The van der Waals surface area contributed by atoms with Gasteiger partial charge in [-0.15, -0.1) is 6.58 Å². The zero-order chi connectivity index (χ0) is 24.9. The van der Waals surface area contributed by atoms with E-state index < -0.39 is 23.4 Å². The van der Waals surface area contributed by atoms with Crippen LogP contribution in [0.3, 0.4) is 0 Å². The number of nitrogens with zero attached hydrogens (tertiary/aromatic N) is 1. The van der Waals surface area contributed by atoms with E-state index >= 15 is 0 Å². The Labute approximate surface area is 208 Å². The number of rotatable bonds is 7. The molecule has 1 aliphatic heterocycles. The Balaban J connectivity index is 2.05. The van der Waals surface area contributed by atoms with Crippen LogP contribution in [0.15, 0.2) is 55.1 Å². The van der Waals surface area contributed by atoms with E-state index in [-0.39, 0.29) is 6.54 Å². The first-order valence-corrected chi connectivity index (χ1v) is 12.3. The second-order valence-corrected chi connectivity index (χ2v) is 10.2. The van der Waals surface area contributed by atoms with Gasteiger partial charge in [0.2, 0.25) is 0 Å². The van der Waals surface area contributed by atoms with Crippen LogP contribution in [0.2, 0.25) is 5.02 Å². The van der Waals surface area contributed by atoms with Gasteiger partial charge in [-0.25, -0.2) is 4.79 Å². The molecule has 0 saturated carbocycles. The molecule has 1 fully saturated rings. The lowest BCUT2D eigenvalue weighted by Crippen LogP contribution is -2.55. The molecule has 3 rings (SSSR count). The second kappa shape index (κ2) is 10.9. The predicted molar refractivity (Wildman–Crippen MR) is 137 cm³/mol. The molecule has 0 aromatic heterocycles. The Morgan fingerprint density at radius 2 is 2.03 bits per heavy atom. The smallest absolute Gasteiger partial charge is 0.410 e. The fourth-order valence-electron chi connectivity index (χ4n) is 4.35. The van der Waals surface area contributed by atoms with E-state index in [1.807, 2.05) is 51.1 Å². The minimum atomic E-state index is -1.39. The van der Waals surface area contributed by atoms with Gasteiger partial charge in [0, 0.05) is 17.1 Å². The number of carbonyl (C=O) groups is 1. The van der Waals surface area contributed by atoms with Crippen LogP contribution in [0.1, 0.15) is 51.7 Å². The number of amides is 1. The number of allylic oxidation sites excluding steroid dienone is 1. The first-order valence-electron chi connectivity index (χ1n) is 11.9. The van der Waals surface area contributed by atoms with Gasteiger partial charge in [0.15, 0.2) is 0 Å². The van der Waals surface area contributed by atoms with E-state index in [0.717, 1.165) is 17.5 Å². The van der Waals surface area contributed by atoms with Gasteiger partial charge in [-0.3, -0.25) is 0 Å². The maximum absolute atomic E-state index is 12.8. The van der Waals surface area contributed by atoms with Crippen LogP contribution in [0.5, 0.6) is 0 Å². The molecule has 1 amide bonds. The van der Waals surface area contributed by atoms with Crippen molar-refractivity contribution in [2.75, 3.05) is 19.7 Å². The summed E-state index contributed by atoms with van der Waals surface area (Å²) in [6.45, 7) is 12.4. The molecule has 1 saturated heterocycles. The van der Waals surface area contributed by atoms with Crippen molar-refractivity contribution in [3.63, 3.8) is 0 Å². The Morgan fingerprint density at radius 1 is 1.29 bits per heavy atom. The Kier molecular flexibility index (Phi) is 8.45. The molecule has 0 unspecified atom stereocenters. The van der Waals surface area contributed by atoms with Gasteiger partial charge in [0.1, 0.15) is 17.3 Å². The summed E-state index contributed by atoms with van der Waals surface area (Å²) in [6, 6.07) is 13.8. The number of benzene rings is 2. The number of carbonyl (C=O) groups excluding carboxylic acids is 1. The molecule has 1 N–H and O–H groups in total. The molecule has 1 aliphatic rings. The average molecular weight is 486 g/mol. The van der Waals surface area contributed by atoms with Crippen LogP contribution in [-0.2, 0) is 21.5 Å². The quantitative estimate of drug-likeness (QED) is 0.463. The van der Waals surface area contributed by atoms with Crippen molar-refractivity contribution in [3.05, 3.63) is 71.3 Å². The first kappa shape index (κ1) is 26.3. The minimum Gasteiger partial charge on any atom is -0.444 e. The van der Waals surface area contributed by atoms with Gasteiger partial charge in [-0.05, 0) is 62.8 Å². The van der Waals surface area contributed by atoms with Gasteiger partial charge in [0.05, 0.1) is 13.2 Å². The van der Waals surface area contributed by atoms with Crippen LogP contribution in [-0.4, -0.2) is 47.5 Å². The molecule has 0 bridgehead atoms. The topological polar surface area (TPSA) is 59.0 Å². The Morgan fingerprint density at radius 3 is 2.71 bits per heavy atom. The first-order chi connectivity index (χ1) is 16.1. The Bertz CT molecular complexity index is 1020. The lowest BCUT2D eigenvalue weighted by Gasteiger charge is -2.43. The third-order valence-electron chi connectivity index (χ3n) is 6.08. The van der Waals surface area contributed by atoms with Gasteiger partial charge in [-0.2, -0.15) is 0 Å². The minimum absolute atomic E-state index is 0.212. The van der Waals surface area contributed by atoms with Gasteiger partial charge in [0.25, 0.3) is 0 Å². The fourth-order valence-corrected chi connectivity index (χ4v) is 4.63. The lowest BCUT2D eigenvalue weighted by atomic mass is 9.79. The third kappa shape index (κ3) is 6.01. The molecule has 0 spiro atoms. The molecule has 2 aromatic carbocycles. The highest BCUT2D eigenvalue weighted by molar-refractivity contribution is 6.33. The van der Waals surface area contributed by atoms with Crippen molar-refractivity contribution in [1.29, 1.82) is 0 Å². The van der Waals surface area contributed by atoms with Crippen molar-refractivity contribution >= 4 is 17.7 Å². The Hall–Kier alpha value is -2.34. The van der Waals surface area contributed by atoms with E-state index in [2.05, 4.69) is 25.6 Å². The van der Waals surface area contributed by atoms with Gasteiger partial charge < -0.3 is 19.5 Å². The summed E-state index contributed by atoms with van der Waals surface area (Å²) in [5.74, 6) is 0. The SMILES string of the molecule is C=CCC[C@@](O)(c1cccc(Cl)c1-c1cccc(CC)c1)[C@H]1CN(C(=O)OC(C)(C)C)CCO1. The molecule has 1 heterocycles. The fraction of sp³-hybridized carbons (Fsp3) is 0.464. The highest BCUT2D eigenvalue weighted by Gasteiger charge is 2.44. The van der Waals surface area contributed by atoms with Gasteiger partial charge >= 0.3 is 6.09 Å². The molecule has 0 radical (unpaired) electrons. The summed E-state index contributed by atoms with van der Waals surface area (Å²) in [5, 5.41) is 12.8. The largest absolute Gasteiger partial charge is 0.444 e. The van der Waals surface area contributed by atoms with E-state index in [4.69, 9.17) is 21.1 Å². The summed E-state index contributed by atoms with van der Waals surface area (Å²) in [4.78, 5) is 14.4. The highest BCUT2D eigenvalue weighted by Crippen LogP contribution is 2.43. The van der Waals surface area contributed by atoms with Crippen molar-refractivity contribution in [1.82, 2.24) is 4.90 Å². The van der Waals surface area contributed by atoms with Crippen molar-refractivity contribution < 1.29 is 19.4 Å². The number of morpholine rings is 1. The van der Waals surface area contributed by atoms with Gasteiger partial charge in [-0.1, -0.05) is 61.0 Å². The number of aliphatic hydroxyl groups is 1. The average Bonchev–Trinajstić information content (AvgIpc) is 2.81. The molecular weight excluding hydrogens is 450 g/mol. The number of halogens is 1. The summed E-state index contributed by atoms with van der Waals surface area (Å²) in [5.41, 5.74) is 1.60. The van der Waals surface area contributed by atoms with Crippen LogP contribution < -0.4 is 0 Å². The van der Waals surface area contributed by atoms with Crippen molar-refractivity contribution in [2.45, 2.75) is 64.3 Å². The second-order valence-electron chi connectivity index (χ2n) is 9.75. The molecule has 184 valence electrons. The molecule has 5 nitrogen and oxygen atoms in total. The number of hydrogen-bond donors (Lipinski definition) is 1. The molecule has 2 atom stereocenters.